The van der Waals surface area contributed by atoms with Gasteiger partial charge in [-0.15, -0.1) is 11.8 Å². The Bertz CT molecular complexity index is 808. The third kappa shape index (κ3) is 2.87. The summed E-state index contributed by atoms with van der Waals surface area (Å²) in [7, 11) is 0. The van der Waals surface area contributed by atoms with Gasteiger partial charge >= 0.3 is 0 Å². The van der Waals surface area contributed by atoms with Crippen molar-refractivity contribution < 1.29 is 19.5 Å². The summed E-state index contributed by atoms with van der Waals surface area (Å²) in [6.45, 7) is 3.44. The number of rotatable bonds is 5. The Balaban J connectivity index is 1.78. The van der Waals surface area contributed by atoms with E-state index in [1.165, 1.54) is 16.7 Å². The fraction of sp³-hybridized carbons (Fsp3) is 0.438. The van der Waals surface area contributed by atoms with E-state index >= 15 is 0 Å². The maximum Gasteiger partial charge on any atom is 0.249 e. The molecule has 9 nitrogen and oxygen atoms in total. The molecule has 1 unspecified atom stereocenters. The number of carbonyl (C=O) groups is 3. The molecule has 1 N–H and O–H groups in total. The topological polar surface area (TPSA) is 138 Å². The van der Waals surface area contributed by atoms with Gasteiger partial charge in [0.15, 0.2) is 0 Å². The largest absolute Gasteiger partial charge is 0.548 e. The summed E-state index contributed by atoms with van der Waals surface area (Å²) < 4.78 is -0.734. The minimum atomic E-state index is -1.32. The molecule has 26 heavy (non-hydrogen) atoms. The van der Waals surface area contributed by atoms with Crippen LogP contribution in [0.5, 0.6) is 0 Å². The first-order valence-electron chi connectivity index (χ1n) is 7.88. The molecule has 0 aromatic heterocycles. The highest BCUT2D eigenvalue weighted by Crippen LogP contribution is 2.50. The van der Waals surface area contributed by atoms with Crippen LogP contribution in [0.3, 0.4) is 0 Å². The number of benzene rings is 1. The lowest BCUT2D eigenvalue weighted by Crippen LogP contribution is -2.71. The van der Waals surface area contributed by atoms with E-state index in [1.807, 2.05) is 0 Å². The van der Waals surface area contributed by atoms with Crippen molar-refractivity contribution in [3.8, 4) is 0 Å². The molecule has 1 aromatic carbocycles. The van der Waals surface area contributed by atoms with Gasteiger partial charge in [0, 0.05) is 9.66 Å². The fourth-order valence-corrected chi connectivity index (χ4v) is 4.94. The number of carbonyl (C=O) groups excluding carboxylic acids is 3. The molecule has 2 aliphatic heterocycles. The van der Waals surface area contributed by atoms with Crippen LogP contribution in [0.1, 0.15) is 25.5 Å². The highest BCUT2D eigenvalue weighted by atomic mass is 32.2. The number of thioether (sulfide) groups is 1. The molecular formula is C16H16N5O4S-. The zero-order chi connectivity index (χ0) is 19.1. The predicted molar refractivity (Wildman–Crippen MR) is 91.4 cm³/mol. The summed E-state index contributed by atoms with van der Waals surface area (Å²) in [4.78, 5) is 40.3. The monoisotopic (exact) mass is 374 g/mol. The van der Waals surface area contributed by atoms with Crippen LogP contribution in [0.2, 0.25) is 0 Å². The van der Waals surface area contributed by atoms with Gasteiger partial charge in [-0.2, -0.15) is 0 Å². The van der Waals surface area contributed by atoms with Crippen molar-refractivity contribution in [2.75, 3.05) is 0 Å². The fourth-order valence-electron chi connectivity index (χ4n) is 3.32. The summed E-state index contributed by atoms with van der Waals surface area (Å²) in [6, 6.07) is 5.44. The number of amides is 2. The average Bonchev–Trinajstić information content (AvgIpc) is 2.86. The lowest BCUT2D eigenvalue weighted by molar-refractivity contribution is -0.312. The number of nitrogens with zero attached hydrogens (tertiary/aromatic N) is 4. The van der Waals surface area contributed by atoms with Crippen molar-refractivity contribution in [1.29, 1.82) is 0 Å². The van der Waals surface area contributed by atoms with Crippen LogP contribution < -0.4 is 10.4 Å². The Morgan fingerprint density at radius 1 is 1.38 bits per heavy atom. The minimum absolute atomic E-state index is 0.483. The normalized spacial score (nSPS) is 26.9. The van der Waals surface area contributed by atoms with Gasteiger partial charge in [-0.25, -0.2) is 0 Å². The predicted octanol–water partition coefficient (Wildman–Crippen LogP) is 0.335. The van der Waals surface area contributed by atoms with Crippen LogP contribution in [0.25, 0.3) is 10.4 Å². The Hall–Kier alpha value is -2.71. The van der Waals surface area contributed by atoms with Crippen LogP contribution in [-0.4, -0.2) is 44.9 Å². The molecule has 0 bridgehead atoms. The Kier molecular flexibility index (Phi) is 4.55. The lowest BCUT2D eigenvalue weighted by Gasteiger charge is -2.45. The molecule has 2 saturated heterocycles. The number of nitrogens with one attached hydrogen (secondary N) is 1. The van der Waals surface area contributed by atoms with E-state index in [0.29, 0.717) is 5.56 Å². The number of hydrogen-bond acceptors (Lipinski definition) is 6. The van der Waals surface area contributed by atoms with Crippen molar-refractivity contribution in [3.05, 3.63) is 46.3 Å². The second kappa shape index (κ2) is 6.54. The summed E-state index contributed by atoms with van der Waals surface area (Å²) in [6.07, 6.45) is 0. The van der Waals surface area contributed by atoms with Gasteiger partial charge in [0.1, 0.15) is 17.5 Å². The quantitative estimate of drug-likeness (QED) is 0.343. The van der Waals surface area contributed by atoms with E-state index in [-0.39, 0.29) is 0 Å². The maximum absolute atomic E-state index is 12.6. The van der Waals surface area contributed by atoms with Gasteiger partial charge in [0.05, 0.1) is 12.0 Å². The van der Waals surface area contributed by atoms with Crippen molar-refractivity contribution in [1.82, 2.24) is 10.2 Å². The van der Waals surface area contributed by atoms with Crippen LogP contribution >= 0.6 is 11.8 Å². The van der Waals surface area contributed by atoms with Gasteiger partial charge in [-0.1, -0.05) is 35.4 Å². The van der Waals surface area contributed by atoms with Crippen molar-refractivity contribution in [2.45, 2.75) is 42.1 Å². The van der Waals surface area contributed by atoms with Gasteiger partial charge in [-0.3, -0.25) is 9.59 Å². The van der Waals surface area contributed by atoms with Crippen molar-refractivity contribution >= 4 is 29.5 Å². The molecule has 10 heteroatoms. The molecule has 0 saturated carbocycles. The Morgan fingerprint density at radius 2 is 2.04 bits per heavy atom. The Morgan fingerprint density at radius 3 is 2.62 bits per heavy atom. The zero-order valence-electron chi connectivity index (χ0n) is 14.0. The van der Waals surface area contributed by atoms with Gasteiger partial charge in [0.25, 0.3) is 0 Å². The third-order valence-electron chi connectivity index (χ3n) is 4.49. The van der Waals surface area contributed by atoms with Crippen LogP contribution in [0, 0.1) is 0 Å². The standard InChI is InChI=1S/C16H17N5O4S/c1-16(2)11(15(24)25)21-13(23)10(14(21)26-16)18-12(22)9(19-20-17)8-6-4-3-5-7-8/h3-7,9-11,14H,1-2H3,(H,18,22)(H,24,25)/p-1/t9?,10-,11+,14-/m1/s1. The molecule has 2 heterocycles. The molecule has 4 atom stereocenters. The van der Waals surface area contributed by atoms with Gasteiger partial charge < -0.3 is 20.1 Å². The number of β-lactam (4-membered cyclic amide) rings is 1. The number of aliphatic carboxylic acids is 1. The summed E-state index contributed by atoms with van der Waals surface area (Å²) >= 11 is 1.29. The molecule has 2 amide bonds. The number of hydrogen-bond donors (Lipinski definition) is 1. The number of fused-ring (bicyclic) bond motifs is 1. The third-order valence-corrected chi connectivity index (χ3v) is 6.06. The van der Waals surface area contributed by atoms with Crippen LogP contribution in [0.4, 0.5) is 0 Å². The molecule has 136 valence electrons. The molecular weight excluding hydrogens is 358 g/mol. The SMILES string of the molecule is CC1(C)S[C@@H]2[C@H](NC(=O)C(N=[N+]=[N-])c3ccccc3)C(=O)N2[C@H]1C(=O)[O-]. The smallest absolute Gasteiger partial charge is 0.249 e. The average molecular weight is 374 g/mol. The zero-order valence-corrected chi connectivity index (χ0v) is 14.8. The number of azide groups is 1. The van der Waals surface area contributed by atoms with Crippen molar-refractivity contribution in [3.63, 3.8) is 0 Å². The number of carboxylic acid groups (broad SMARTS) is 1. The van der Waals surface area contributed by atoms with E-state index < -0.39 is 46.0 Å². The number of carboxylic acids is 1. The molecule has 0 radical (unpaired) electrons. The van der Waals surface area contributed by atoms with E-state index in [2.05, 4.69) is 15.3 Å². The van der Waals surface area contributed by atoms with E-state index in [1.54, 1.807) is 44.2 Å². The first kappa shape index (κ1) is 18.1. The first-order valence-corrected chi connectivity index (χ1v) is 8.76. The summed E-state index contributed by atoms with van der Waals surface area (Å²) in [5, 5.41) is 17.0. The van der Waals surface area contributed by atoms with Gasteiger partial charge in [0.2, 0.25) is 11.8 Å². The minimum Gasteiger partial charge on any atom is -0.548 e. The van der Waals surface area contributed by atoms with Crippen LogP contribution in [-0.2, 0) is 14.4 Å². The highest BCUT2D eigenvalue weighted by Gasteiger charge is 2.62. The van der Waals surface area contributed by atoms with E-state index in [9.17, 15) is 19.5 Å². The highest BCUT2D eigenvalue weighted by molar-refractivity contribution is 8.01. The van der Waals surface area contributed by atoms with Crippen molar-refractivity contribution in [2.24, 2.45) is 5.11 Å². The maximum atomic E-state index is 12.6. The molecule has 2 fully saturated rings. The molecule has 1 aromatic rings. The molecule has 2 aliphatic rings. The Labute approximate surface area is 153 Å². The summed E-state index contributed by atoms with van der Waals surface area (Å²) in [5.74, 6) is -2.41. The van der Waals surface area contributed by atoms with Gasteiger partial charge in [-0.05, 0) is 24.9 Å². The second-order valence-electron chi connectivity index (χ2n) is 6.58. The molecule has 0 spiro atoms. The molecule has 3 rings (SSSR count). The van der Waals surface area contributed by atoms with E-state index in [4.69, 9.17) is 5.53 Å². The lowest BCUT2D eigenvalue weighted by atomic mass is 9.95. The van der Waals surface area contributed by atoms with Crippen LogP contribution in [0.15, 0.2) is 35.4 Å². The van der Waals surface area contributed by atoms with E-state index in [0.717, 1.165) is 0 Å². The molecule has 0 aliphatic carbocycles. The summed E-state index contributed by atoms with van der Waals surface area (Å²) in [5.41, 5.74) is 9.24. The first-order chi connectivity index (χ1) is 12.3. The second-order valence-corrected chi connectivity index (χ2v) is 8.35.